The first-order valence-corrected chi connectivity index (χ1v) is 14.0. The highest BCUT2D eigenvalue weighted by atomic mass is 27.0. The number of unbranched alkanes of at least 4 members (excludes halogenated alkanes) is 22. The highest BCUT2D eigenvalue weighted by molar-refractivity contribution is 5.75. The monoisotopic (exact) mass is 437 g/mol. The van der Waals surface area contributed by atoms with E-state index in [9.17, 15) is 0 Å². The molecule has 0 rings (SSSR count). The Morgan fingerprint density at radius 2 is 0.500 bits per heavy atom. The molecule has 0 aromatic rings. The molecule has 0 aromatic heterocycles. The first-order chi connectivity index (χ1) is 14.4. The Labute approximate surface area is 203 Å². The second kappa shape index (κ2) is 31.7. The molecule has 2 heteroatoms. The van der Waals surface area contributed by atoms with Crippen molar-refractivity contribution >= 4 is 17.4 Å². The SMILES string of the molecule is CCCCCCCCCCCCCCOCCCCCCCCCCCCCC.[Al]. The third-order valence-corrected chi connectivity index (χ3v) is 6.28. The second-order valence-electron chi connectivity index (χ2n) is 9.39. The van der Waals surface area contributed by atoms with E-state index in [0.717, 1.165) is 13.2 Å². The van der Waals surface area contributed by atoms with Crippen molar-refractivity contribution in [3.05, 3.63) is 0 Å². The quantitative estimate of drug-likeness (QED) is 0.0965. The average Bonchev–Trinajstić information content (AvgIpc) is 2.74. The molecule has 0 aliphatic carbocycles. The Kier molecular flexibility index (Phi) is 34.5. The maximum atomic E-state index is 5.82. The zero-order valence-corrected chi connectivity index (χ0v) is 22.5. The van der Waals surface area contributed by atoms with E-state index in [1.165, 1.54) is 154 Å². The molecule has 1 nitrogen and oxygen atoms in total. The van der Waals surface area contributed by atoms with Crippen molar-refractivity contribution in [2.75, 3.05) is 13.2 Å². The van der Waals surface area contributed by atoms with Crippen LogP contribution in [0, 0.1) is 0 Å². The minimum atomic E-state index is 0. The van der Waals surface area contributed by atoms with Gasteiger partial charge in [0.2, 0.25) is 0 Å². The maximum Gasteiger partial charge on any atom is 0.0466 e. The lowest BCUT2D eigenvalue weighted by Crippen LogP contribution is -1.97. The van der Waals surface area contributed by atoms with Crippen LogP contribution in [0.1, 0.15) is 168 Å². The Morgan fingerprint density at radius 1 is 0.300 bits per heavy atom. The van der Waals surface area contributed by atoms with E-state index in [4.69, 9.17) is 4.74 Å². The van der Waals surface area contributed by atoms with Crippen molar-refractivity contribution in [1.82, 2.24) is 0 Å². The van der Waals surface area contributed by atoms with E-state index in [0.29, 0.717) is 0 Å². The molecule has 0 saturated heterocycles. The predicted octanol–water partition coefficient (Wildman–Crippen LogP) is 10.0. The van der Waals surface area contributed by atoms with Crippen LogP contribution in [0.15, 0.2) is 0 Å². The summed E-state index contributed by atoms with van der Waals surface area (Å²) in [6.07, 6.45) is 34.1. The van der Waals surface area contributed by atoms with Gasteiger partial charge in [0.05, 0.1) is 0 Å². The van der Waals surface area contributed by atoms with Crippen LogP contribution >= 0.6 is 0 Å². The topological polar surface area (TPSA) is 9.23 Å². The molecule has 0 saturated carbocycles. The summed E-state index contributed by atoms with van der Waals surface area (Å²) in [4.78, 5) is 0. The van der Waals surface area contributed by atoms with Crippen molar-refractivity contribution in [2.45, 2.75) is 168 Å². The van der Waals surface area contributed by atoms with Gasteiger partial charge in [0, 0.05) is 30.6 Å². The molecule has 179 valence electrons. The maximum absolute atomic E-state index is 5.82. The molecule has 0 aliphatic rings. The molecule has 0 unspecified atom stereocenters. The third kappa shape index (κ3) is 30.7. The fourth-order valence-corrected chi connectivity index (χ4v) is 4.19. The smallest absolute Gasteiger partial charge is 0.0466 e. The Morgan fingerprint density at radius 3 is 0.733 bits per heavy atom. The normalized spacial score (nSPS) is 11.0. The van der Waals surface area contributed by atoms with E-state index in [1.807, 2.05) is 0 Å². The van der Waals surface area contributed by atoms with Gasteiger partial charge in [-0.25, -0.2) is 0 Å². The van der Waals surface area contributed by atoms with Crippen LogP contribution in [0.25, 0.3) is 0 Å². The lowest BCUT2D eigenvalue weighted by molar-refractivity contribution is 0.125. The van der Waals surface area contributed by atoms with Gasteiger partial charge < -0.3 is 4.74 Å². The van der Waals surface area contributed by atoms with Crippen molar-refractivity contribution in [1.29, 1.82) is 0 Å². The van der Waals surface area contributed by atoms with Gasteiger partial charge >= 0.3 is 0 Å². The summed E-state index contributed by atoms with van der Waals surface area (Å²) in [7, 11) is 0. The average molecular weight is 438 g/mol. The Hall–Kier alpha value is 0.492. The van der Waals surface area contributed by atoms with Crippen molar-refractivity contribution in [3.8, 4) is 0 Å². The van der Waals surface area contributed by atoms with Gasteiger partial charge in [0.1, 0.15) is 0 Å². The van der Waals surface area contributed by atoms with Crippen molar-refractivity contribution < 1.29 is 4.74 Å². The highest BCUT2D eigenvalue weighted by Gasteiger charge is 1.96. The number of hydrogen-bond donors (Lipinski definition) is 0. The Balaban J connectivity index is 0. The standard InChI is InChI=1S/C28H58O.Al/c1-3-5-7-9-11-13-15-17-19-21-23-25-27-29-28-26-24-22-20-18-16-14-12-10-8-6-4-2;/h3-28H2,1-2H3;. The minimum absolute atomic E-state index is 0. The van der Waals surface area contributed by atoms with Gasteiger partial charge in [0.15, 0.2) is 0 Å². The molecular formula is C28H58AlO. The first-order valence-electron chi connectivity index (χ1n) is 14.0. The summed E-state index contributed by atoms with van der Waals surface area (Å²) in [5.74, 6) is 0. The van der Waals surface area contributed by atoms with Crippen LogP contribution in [0.4, 0.5) is 0 Å². The predicted molar refractivity (Wildman–Crippen MR) is 139 cm³/mol. The fourth-order valence-electron chi connectivity index (χ4n) is 4.19. The molecule has 30 heavy (non-hydrogen) atoms. The molecule has 0 bridgehead atoms. The molecule has 0 amide bonds. The molecule has 0 heterocycles. The van der Waals surface area contributed by atoms with Crippen molar-refractivity contribution in [2.24, 2.45) is 0 Å². The summed E-state index contributed by atoms with van der Waals surface area (Å²) < 4.78 is 5.82. The molecular weight excluding hydrogens is 379 g/mol. The molecule has 0 spiro atoms. The number of hydrogen-bond acceptors (Lipinski definition) is 1. The largest absolute Gasteiger partial charge is 0.381 e. The van der Waals surface area contributed by atoms with E-state index in [-0.39, 0.29) is 17.4 Å². The lowest BCUT2D eigenvalue weighted by Gasteiger charge is -2.05. The summed E-state index contributed by atoms with van der Waals surface area (Å²) in [5, 5.41) is 0. The van der Waals surface area contributed by atoms with Crippen LogP contribution in [-0.4, -0.2) is 30.6 Å². The second-order valence-corrected chi connectivity index (χ2v) is 9.39. The zero-order chi connectivity index (χ0) is 21.1. The van der Waals surface area contributed by atoms with Crippen LogP contribution in [0.3, 0.4) is 0 Å². The molecule has 0 fully saturated rings. The van der Waals surface area contributed by atoms with Crippen LogP contribution in [0.2, 0.25) is 0 Å². The summed E-state index contributed by atoms with van der Waals surface area (Å²) in [6.45, 7) is 6.58. The number of ether oxygens (including phenoxy) is 1. The zero-order valence-electron chi connectivity index (χ0n) is 21.4. The molecule has 3 radical (unpaired) electrons. The van der Waals surface area contributed by atoms with Gasteiger partial charge in [-0.1, -0.05) is 155 Å². The van der Waals surface area contributed by atoms with Gasteiger partial charge in [-0.2, -0.15) is 0 Å². The van der Waals surface area contributed by atoms with E-state index < -0.39 is 0 Å². The third-order valence-electron chi connectivity index (χ3n) is 6.28. The number of rotatable bonds is 26. The highest BCUT2D eigenvalue weighted by Crippen LogP contribution is 2.13. The van der Waals surface area contributed by atoms with E-state index >= 15 is 0 Å². The fraction of sp³-hybridized carbons (Fsp3) is 1.00. The van der Waals surface area contributed by atoms with Gasteiger partial charge in [0.25, 0.3) is 0 Å². The van der Waals surface area contributed by atoms with Crippen LogP contribution < -0.4 is 0 Å². The van der Waals surface area contributed by atoms with Gasteiger partial charge in [-0.3, -0.25) is 0 Å². The summed E-state index contributed by atoms with van der Waals surface area (Å²) >= 11 is 0. The molecule has 0 N–H and O–H groups in total. The molecule has 0 aliphatic heterocycles. The summed E-state index contributed by atoms with van der Waals surface area (Å²) in [5.41, 5.74) is 0. The first kappa shape index (κ1) is 32.7. The van der Waals surface area contributed by atoms with E-state index in [1.54, 1.807) is 0 Å². The van der Waals surface area contributed by atoms with Gasteiger partial charge in [-0.05, 0) is 12.8 Å². The van der Waals surface area contributed by atoms with Crippen LogP contribution in [-0.2, 0) is 4.74 Å². The van der Waals surface area contributed by atoms with Crippen LogP contribution in [0.5, 0.6) is 0 Å². The van der Waals surface area contributed by atoms with Gasteiger partial charge in [-0.15, -0.1) is 0 Å². The Bertz CT molecular complexity index is 243. The van der Waals surface area contributed by atoms with Crippen molar-refractivity contribution in [3.63, 3.8) is 0 Å². The van der Waals surface area contributed by atoms with E-state index in [2.05, 4.69) is 13.8 Å². The summed E-state index contributed by atoms with van der Waals surface area (Å²) in [6, 6.07) is 0. The lowest BCUT2D eigenvalue weighted by atomic mass is 10.1. The molecule has 0 atom stereocenters. The minimum Gasteiger partial charge on any atom is -0.381 e. The molecule has 0 aromatic carbocycles.